The molecule has 8 nitrogen and oxygen atoms in total. The van der Waals surface area contributed by atoms with E-state index in [4.69, 9.17) is 4.42 Å². The number of carbonyl (C=O) groups excluding carboxylic acids is 1. The number of aromatic nitrogens is 5. The molecule has 0 aliphatic heterocycles. The molecule has 5 rings (SSSR count). The number of nitrogens with zero attached hydrogens (tertiary/aromatic N) is 5. The molecule has 3 heterocycles. The third-order valence-electron chi connectivity index (χ3n) is 4.27. The van der Waals surface area contributed by atoms with Crippen molar-refractivity contribution in [1.82, 2.24) is 25.4 Å². The SMILES string of the molecule is O=C(Cc1nnc(Cc2nc3ccc(-c4ccccc4)cc3s2)o1)Nc1nncs1. The van der Waals surface area contributed by atoms with Gasteiger partial charge in [-0.25, -0.2) is 4.98 Å². The highest BCUT2D eigenvalue weighted by molar-refractivity contribution is 7.18. The fourth-order valence-electron chi connectivity index (χ4n) is 2.95. The van der Waals surface area contributed by atoms with Gasteiger partial charge in [0.25, 0.3) is 0 Å². The molecule has 0 spiro atoms. The van der Waals surface area contributed by atoms with Crippen molar-refractivity contribution in [3.05, 3.63) is 70.8 Å². The highest BCUT2D eigenvalue weighted by Crippen LogP contribution is 2.29. The Kier molecular flexibility index (Phi) is 4.99. The van der Waals surface area contributed by atoms with E-state index >= 15 is 0 Å². The molecule has 0 bridgehead atoms. The van der Waals surface area contributed by atoms with Crippen LogP contribution in [0.5, 0.6) is 0 Å². The minimum absolute atomic E-state index is 0.0210. The van der Waals surface area contributed by atoms with E-state index in [1.807, 2.05) is 24.3 Å². The summed E-state index contributed by atoms with van der Waals surface area (Å²) in [5, 5.41) is 19.4. The molecule has 30 heavy (non-hydrogen) atoms. The minimum atomic E-state index is -0.282. The first-order valence-corrected chi connectivity index (χ1v) is 10.7. The molecule has 0 saturated carbocycles. The lowest BCUT2D eigenvalue weighted by Crippen LogP contribution is -2.14. The molecule has 1 amide bonds. The Balaban J connectivity index is 1.28. The number of rotatable bonds is 6. The second-order valence-electron chi connectivity index (χ2n) is 6.39. The van der Waals surface area contributed by atoms with Crippen molar-refractivity contribution in [2.24, 2.45) is 0 Å². The molecular weight excluding hydrogens is 420 g/mol. The van der Waals surface area contributed by atoms with Crippen LogP contribution >= 0.6 is 22.7 Å². The van der Waals surface area contributed by atoms with E-state index in [9.17, 15) is 4.79 Å². The van der Waals surface area contributed by atoms with Crippen LogP contribution in [0.1, 0.15) is 16.8 Å². The highest BCUT2D eigenvalue weighted by atomic mass is 32.1. The molecular formula is C20H14N6O2S2. The molecule has 0 atom stereocenters. The van der Waals surface area contributed by atoms with Crippen LogP contribution in [0.4, 0.5) is 5.13 Å². The topological polar surface area (TPSA) is 107 Å². The lowest BCUT2D eigenvalue weighted by Gasteiger charge is -2.00. The molecule has 0 fully saturated rings. The number of amides is 1. The van der Waals surface area contributed by atoms with Crippen molar-refractivity contribution in [2.45, 2.75) is 12.8 Å². The van der Waals surface area contributed by atoms with Gasteiger partial charge in [-0.3, -0.25) is 4.79 Å². The summed E-state index contributed by atoms with van der Waals surface area (Å²) in [5.41, 5.74) is 4.80. The van der Waals surface area contributed by atoms with Gasteiger partial charge in [-0.1, -0.05) is 47.7 Å². The van der Waals surface area contributed by atoms with Gasteiger partial charge in [-0.05, 0) is 23.3 Å². The van der Waals surface area contributed by atoms with E-state index < -0.39 is 0 Å². The number of thiazole rings is 1. The van der Waals surface area contributed by atoms with Crippen LogP contribution in [-0.4, -0.2) is 31.3 Å². The van der Waals surface area contributed by atoms with E-state index in [0.717, 1.165) is 20.8 Å². The van der Waals surface area contributed by atoms with Crippen molar-refractivity contribution in [2.75, 3.05) is 5.32 Å². The van der Waals surface area contributed by atoms with Gasteiger partial charge in [-0.15, -0.1) is 31.7 Å². The zero-order valence-electron chi connectivity index (χ0n) is 15.5. The summed E-state index contributed by atoms with van der Waals surface area (Å²) in [6, 6.07) is 16.5. The Bertz CT molecular complexity index is 1300. The largest absolute Gasteiger partial charge is 0.424 e. The Hall–Kier alpha value is -3.50. The highest BCUT2D eigenvalue weighted by Gasteiger charge is 2.14. The molecule has 0 unspecified atom stereocenters. The molecule has 148 valence electrons. The number of anilines is 1. The second kappa shape index (κ2) is 8.09. The molecule has 2 aromatic carbocycles. The van der Waals surface area contributed by atoms with Crippen LogP contribution < -0.4 is 5.32 Å². The van der Waals surface area contributed by atoms with Gasteiger partial charge in [0.1, 0.15) is 16.9 Å². The summed E-state index contributed by atoms with van der Waals surface area (Å²) >= 11 is 2.84. The van der Waals surface area contributed by atoms with Gasteiger partial charge in [0.15, 0.2) is 0 Å². The molecule has 0 aliphatic carbocycles. The molecule has 3 aromatic heterocycles. The van der Waals surface area contributed by atoms with Crippen LogP contribution in [-0.2, 0) is 17.6 Å². The van der Waals surface area contributed by atoms with E-state index in [1.54, 1.807) is 16.8 Å². The second-order valence-corrected chi connectivity index (χ2v) is 8.34. The average Bonchev–Trinajstić information content (AvgIpc) is 3.50. The molecule has 1 N–H and O–H groups in total. The summed E-state index contributed by atoms with van der Waals surface area (Å²) in [6.45, 7) is 0. The average molecular weight is 435 g/mol. The maximum absolute atomic E-state index is 12.0. The maximum Gasteiger partial charge on any atom is 0.235 e. The smallest absolute Gasteiger partial charge is 0.235 e. The predicted octanol–water partition coefficient (Wildman–Crippen LogP) is 3.97. The molecule has 0 saturated heterocycles. The van der Waals surface area contributed by atoms with Crippen LogP contribution in [0.2, 0.25) is 0 Å². The zero-order chi connectivity index (χ0) is 20.3. The van der Waals surface area contributed by atoms with Gasteiger partial charge in [0.05, 0.1) is 16.6 Å². The maximum atomic E-state index is 12.0. The molecule has 10 heteroatoms. The Morgan fingerprint density at radius 3 is 2.70 bits per heavy atom. The quantitative estimate of drug-likeness (QED) is 0.431. The lowest BCUT2D eigenvalue weighted by molar-refractivity contribution is -0.115. The summed E-state index contributed by atoms with van der Waals surface area (Å²) < 4.78 is 6.72. The first kappa shape index (κ1) is 18.5. The predicted molar refractivity (Wildman–Crippen MR) is 114 cm³/mol. The summed E-state index contributed by atoms with van der Waals surface area (Å²) in [5.74, 6) is 0.394. The first-order chi connectivity index (χ1) is 14.7. The third-order valence-corrected chi connectivity index (χ3v) is 5.89. The minimum Gasteiger partial charge on any atom is -0.424 e. The third kappa shape index (κ3) is 4.09. The number of benzene rings is 2. The lowest BCUT2D eigenvalue weighted by atomic mass is 10.1. The van der Waals surface area contributed by atoms with Gasteiger partial charge >= 0.3 is 0 Å². The standard InChI is InChI=1S/C20H14N6O2S2/c27-16(23-20-26-21-11-29-20)9-17-24-25-18(28-17)10-19-22-14-7-6-13(8-15(14)30-19)12-4-2-1-3-5-12/h1-8,11H,9-10H2,(H,23,26,27). The number of fused-ring (bicyclic) bond motifs is 1. The van der Waals surface area contributed by atoms with Gasteiger partial charge in [0, 0.05) is 0 Å². The monoisotopic (exact) mass is 434 g/mol. The molecule has 0 aliphatic rings. The van der Waals surface area contributed by atoms with Crippen LogP contribution in [0.15, 0.2) is 58.5 Å². The summed E-state index contributed by atoms with van der Waals surface area (Å²) in [4.78, 5) is 16.7. The van der Waals surface area contributed by atoms with Gasteiger partial charge in [-0.2, -0.15) is 0 Å². The van der Waals surface area contributed by atoms with Crippen molar-refractivity contribution >= 4 is 43.9 Å². The fourth-order valence-corrected chi connectivity index (χ4v) is 4.41. The van der Waals surface area contributed by atoms with Crippen molar-refractivity contribution < 1.29 is 9.21 Å². The number of hydrogen-bond acceptors (Lipinski definition) is 9. The Morgan fingerprint density at radius 1 is 1.00 bits per heavy atom. The zero-order valence-corrected chi connectivity index (χ0v) is 17.1. The molecule has 0 radical (unpaired) electrons. The van der Waals surface area contributed by atoms with Crippen molar-refractivity contribution in [3.8, 4) is 11.1 Å². The van der Waals surface area contributed by atoms with Crippen LogP contribution in [0.25, 0.3) is 21.3 Å². The summed E-state index contributed by atoms with van der Waals surface area (Å²) in [7, 11) is 0. The van der Waals surface area contributed by atoms with Gasteiger partial charge < -0.3 is 9.73 Å². The fraction of sp³-hybridized carbons (Fsp3) is 0.100. The van der Waals surface area contributed by atoms with Gasteiger partial charge in [0.2, 0.25) is 22.8 Å². The van der Waals surface area contributed by atoms with E-state index in [1.165, 1.54) is 16.9 Å². The van der Waals surface area contributed by atoms with Crippen LogP contribution in [0.3, 0.4) is 0 Å². The number of nitrogens with one attached hydrogen (secondary N) is 1. The van der Waals surface area contributed by atoms with E-state index in [-0.39, 0.29) is 18.2 Å². The Morgan fingerprint density at radius 2 is 1.87 bits per heavy atom. The summed E-state index contributed by atoms with van der Waals surface area (Å²) in [6.07, 6.45) is 0.401. The number of hydrogen-bond donors (Lipinski definition) is 1. The first-order valence-electron chi connectivity index (χ1n) is 9.05. The number of carbonyl (C=O) groups is 1. The normalized spacial score (nSPS) is 11.1. The van der Waals surface area contributed by atoms with E-state index in [0.29, 0.717) is 17.4 Å². The van der Waals surface area contributed by atoms with Crippen molar-refractivity contribution in [3.63, 3.8) is 0 Å². The van der Waals surface area contributed by atoms with Crippen LogP contribution in [0, 0.1) is 0 Å². The Labute approximate surface area is 178 Å². The molecule has 5 aromatic rings. The van der Waals surface area contributed by atoms with E-state index in [2.05, 4.69) is 55.0 Å². The van der Waals surface area contributed by atoms with Crippen molar-refractivity contribution in [1.29, 1.82) is 0 Å².